The van der Waals surface area contributed by atoms with Crippen molar-refractivity contribution < 1.29 is 0 Å². The third-order valence-electron chi connectivity index (χ3n) is 6.29. The van der Waals surface area contributed by atoms with Gasteiger partial charge >= 0.3 is 0 Å². The van der Waals surface area contributed by atoms with Gasteiger partial charge in [0, 0.05) is 24.3 Å². The molecule has 2 heteroatoms. The third kappa shape index (κ3) is 5.83. The zero-order valence-electron chi connectivity index (χ0n) is 20.0. The van der Waals surface area contributed by atoms with Gasteiger partial charge in [0.1, 0.15) is 0 Å². The Bertz CT molecular complexity index is 930. The highest BCUT2D eigenvalue weighted by molar-refractivity contribution is 5.69. The van der Waals surface area contributed by atoms with Crippen LogP contribution in [0.3, 0.4) is 0 Å². The SMILES string of the molecule is CCCN(CCc1ccccc1)Cc1c(C)cc(-c2c(CC)cccc2CC)nc1C. The van der Waals surface area contributed by atoms with E-state index in [1.165, 1.54) is 45.5 Å². The van der Waals surface area contributed by atoms with Crippen LogP contribution in [0.2, 0.25) is 0 Å². The highest BCUT2D eigenvalue weighted by Gasteiger charge is 2.16. The molecular weight excluding hydrogens is 376 g/mol. The zero-order valence-corrected chi connectivity index (χ0v) is 20.0. The Balaban J connectivity index is 1.86. The van der Waals surface area contributed by atoms with E-state index >= 15 is 0 Å². The van der Waals surface area contributed by atoms with Gasteiger partial charge in [0.2, 0.25) is 0 Å². The predicted octanol–water partition coefficient (Wildman–Crippen LogP) is 6.94. The molecule has 0 unspecified atom stereocenters. The Morgan fingerprint density at radius 2 is 1.48 bits per heavy atom. The first-order chi connectivity index (χ1) is 15.1. The lowest BCUT2D eigenvalue weighted by molar-refractivity contribution is 0.268. The highest BCUT2D eigenvalue weighted by Crippen LogP contribution is 2.30. The highest BCUT2D eigenvalue weighted by atomic mass is 15.1. The standard InChI is InChI=1S/C29H38N2/c1-6-18-31(19-17-24-13-10-9-11-14-24)21-27-22(4)20-28(30-23(27)5)29-25(7-2)15-12-16-26(29)8-3/h9-16,20H,6-8,17-19,21H2,1-5H3. The van der Waals surface area contributed by atoms with Crippen LogP contribution in [-0.2, 0) is 25.8 Å². The van der Waals surface area contributed by atoms with Crippen molar-refractivity contribution in [3.63, 3.8) is 0 Å². The van der Waals surface area contributed by atoms with Crippen molar-refractivity contribution in [1.82, 2.24) is 9.88 Å². The Labute approximate surface area is 189 Å². The maximum atomic E-state index is 5.13. The Morgan fingerprint density at radius 3 is 2.06 bits per heavy atom. The molecular formula is C29H38N2. The predicted molar refractivity (Wildman–Crippen MR) is 134 cm³/mol. The van der Waals surface area contributed by atoms with Gasteiger partial charge < -0.3 is 0 Å². The molecule has 0 aliphatic rings. The fraction of sp³-hybridized carbons (Fsp3) is 0.414. The Hall–Kier alpha value is -2.45. The van der Waals surface area contributed by atoms with Gasteiger partial charge in [-0.3, -0.25) is 9.88 Å². The van der Waals surface area contributed by atoms with Crippen LogP contribution in [0, 0.1) is 13.8 Å². The monoisotopic (exact) mass is 414 g/mol. The van der Waals surface area contributed by atoms with Crippen LogP contribution >= 0.6 is 0 Å². The van der Waals surface area contributed by atoms with Crippen molar-refractivity contribution in [2.24, 2.45) is 0 Å². The van der Waals surface area contributed by atoms with E-state index in [2.05, 4.69) is 94.1 Å². The molecule has 0 spiro atoms. The minimum Gasteiger partial charge on any atom is -0.299 e. The van der Waals surface area contributed by atoms with Crippen LogP contribution in [0.15, 0.2) is 54.6 Å². The summed E-state index contributed by atoms with van der Waals surface area (Å²) in [5.74, 6) is 0. The minimum absolute atomic E-state index is 0.974. The topological polar surface area (TPSA) is 16.1 Å². The van der Waals surface area contributed by atoms with E-state index in [-0.39, 0.29) is 0 Å². The van der Waals surface area contributed by atoms with Gasteiger partial charge in [0.25, 0.3) is 0 Å². The number of pyridine rings is 1. The van der Waals surface area contributed by atoms with E-state index < -0.39 is 0 Å². The van der Waals surface area contributed by atoms with Crippen LogP contribution in [0.25, 0.3) is 11.3 Å². The smallest absolute Gasteiger partial charge is 0.0713 e. The Morgan fingerprint density at radius 1 is 0.806 bits per heavy atom. The van der Waals surface area contributed by atoms with Gasteiger partial charge in [0.05, 0.1) is 5.69 Å². The molecule has 3 aromatic rings. The van der Waals surface area contributed by atoms with Crippen LogP contribution in [-0.4, -0.2) is 23.0 Å². The first kappa shape index (κ1) is 23.2. The molecule has 2 aromatic carbocycles. The first-order valence-electron chi connectivity index (χ1n) is 11.9. The molecule has 0 radical (unpaired) electrons. The lowest BCUT2D eigenvalue weighted by atomic mass is 9.93. The molecule has 0 saturated carbocycles. The average Bonchev–Trinajstić information content (AvgIpc) is 2.79. The summed E-state index contributed by atoms with van der Waals surface area (Å²) < 4.78 is 0. The lowest BCUT2D eigenvalue weighted by Gasteiger charge is -2.24. The number of rotatable bonds is 10. The second kappa shape index (κ2) is 11.2. The second-order valence-electron chi connectivity index (χ2n) is 8.56. The Kier molecular flexibility index (Phi) is 8.43. The second-order valence-corrected chi connectivity index (χ2v) is 8.56. The van der Waals surface area contributed by atoms with Crippen molar-refractivity contribution in [3.8, 4) is 11.3 Å². The van der Waals surface area contributed by atoms with Gasteiger partial charge in [-0.1, -0.05) is 69.3 Å². The molecule has 1 heterocycles. The van der Waals surface area contributed by atoms with Gasteiger partial charge in [-0.25, -0.2) is 0 Å². The summed E-state index contributed by atoms with van der Waals surface area (Å²) in [6.07, 6.45) is 4.33. The molecule has 0 aliphatic heterocycles. The van der Waals surface area contributed by atoms with Crippen molar-refractivity contribution in [2.75, 3.05) is 13.1 Å². The number of aryl methyl sites for hydroxylation is 4. The number of hydrogen-bond acceptors (Lipinski definition) is 2. The van der Waals surface area contributed by atoms with Crippen LogP contribution in [0.1, 0.15) is 60.7 Å². The molecule has 0 atom stereocenters. The number of nitrogens with zero attached hydrogens (tertiary/aromatic N) is 2. The molecule has 2 nitrogen and oxygen atoms in total. The number of benzene rings is 2. The van der Waals surface area contributed by atoms with E-state index in [1.54, 1.807) is 0 Å². The van der Waals surface area contributed by atoms with Crippen molar-refractivity contribution in [1.29, 1.82) is 0 Å². The van der Waals surface area contributed by atoms with Crippen LogP contribution in [0.4, 0.5) is 0 Å². The molecule has 31 heavy (non-hydrogen) atoms. The van der Waals surface area contributed by atoms with Gasteiger partial charge in [-0.2, -0.15) is 0 Å². The van der Waals surface area contributed by atoms with Crippen LogP contribution < -0.4 is 0 Å². The van der Waals surface area contributed by atoms with Gasteiger partial charge in [0.15, 0.2) is 0 Å². The maximum Gasteiger partial charge on any atom is 0.0713 e. The molecule has 0 aliphatic carbocycles. The van der Waals surface area contributed by atoms with Gasteiger partial charge in [-0.05, 0) is 80.0 Å². The summed E-state index contributed by atoms with van der Waals surface area (Å²) in [6.45, 7) is 14.4. The van der Waals surface area contributed by atoms with E-state index in [0.29, 0.717) is 0 Å². The van der Waals surface area contributed by atoms with Crippen molar-refractivity contribution in [2.45, 2.75) is 66.8 Å². The molecule has 0 saturated heterocycles. The molecule has 0 N–H and O–H groups in total. The molecule has 0 amide bonds. The summed E-state index contributed by atoms with van der Waals surface area (Å²) in [5.41, 5.74) is 10.6. The fourth-order valence-corrected chi connectivity index (χ4v) is 4.54. The molecule has 0 bridgehead atoms. The molecule has 0 fully saturated rings. The molecule has 164 valence electrons. The summed E-state index contributed by atoms with van der Waals surface area (Å²) in [5, 5.41) is 0. The van der Waals surface area contributed by atoms with E-state index in [4.69, 9.17) is 4.98 Å². The number of hydrogen-bond donors (Lipinski definition) is 0. The minimum atomic E-state index is 0.974. The van der Waals surface area contributed by atoms with Crippen molar-refractivity contribution >= 4 is 0 Å². The molecule has 1 aromatic heterocycles. The van der Waals surface area contributed by atoms with Gasteiger partial charge in [-0.15, -0.1) is 0 Å². The lowest BCUT2D eigenvalue weighted by Crippen LogP contribution is -2.27. The number of aromatic nitrogens is 1. The van der Waals surface area contributed by atoms with E-state index in [0.717, 1.165) is 44.6 Å². The average molecular weight is 415 g/mol. The van der Waals surface area contributed by atoms with Crippen molar-refractivity contribution in [3.05, 3.63) is 88.1 Å². The maximum absolute atomic E-state index is 5.13. The zero-order chi connectivity index (χ0) is 22.2. The molecule has 3 rings (SSSR count). The van der Waals surface area contributed by atoms with E-state index in [9.17, 15) is 0 Å². The van der Waals surface area contributed by atoms with Crippen LogP contribution in [0.5, 0.6) is 0 Å². The first-order valence-corrected chi connectivity index (χ1v) is 11.9. The third-order valence-corrected chi connectivity index (χ3v) is 6.29. The summed E-state index contributed by atoms with van der Waals surface area (Å²) >= 11 is 0. The normalized spacial score (nSPS) is 11.3. The summed E-state index contributed by atoms with van der Waals surface area (Å²) in [6, 6.07) is 19.8. The quantitative estimate of drug-likeness (QED) is 0.357. The summed E-state index contributed by atoms with van der Waals surface area (Å²) in [4.78, 5) is 7.71. The largest absolute Gasteiger partial charge is 0.299 e. The summed E-state index contributed by atoms with van der Waals surface area (Å²) in [7, 11) is 0. The fourth-order valence-electron chi connectivity index (χ4n) is 4.54. The van der Waals surface area contributed by atoms with E-state index in [1.807, 2.05) is 0 Å².